The molecule has 78 valence electrons. The van der Waals surface area contributed by atoms with Crippen LogP contribution < -0.4 is 0 Å². The van der Waals surface area contributed by atoms with Gasteiger partial charge in [-0.2, -0.15) is 0 Å². The fourth-order valence-electron chi connectivity index (χ4n) is 0.695. The van der Waals surface area contributed by atoms with Crippen LogP contribution in [0.2, 0.25) is 0 Å². The Kier molecular flexibility index (Phi) is 3.69. The van der Waals surface area contributed by atoms with Crippen molar-refractivity contribution in [2.24, 2.45) is 4.40 Å². The normalized spacial score (nSPS) is 14.9. The minimum Gasteiger partial charge on any atom is -0.591 e. The van der Waals surface area contributed by atoms with Gasteiger partial charge in [0.25, 0.3) is 0 Å². The molecule has 0 bridgehead atoms. The quantitative estimate of drug-likeness (QED) is 0.578. The van der Waals surface area contributed by atoms with Gasteiger partial charge in [0, 0.05) is 6.20 Å². The highest BCUT2D eigenvalue weighted by atomic mass is 32.2. The van der Waals surface area contributed by atoms with Crippen molar-refractivity contribution in [1.29, 1.82) is 0 Å². The average molecular weight is 230 g/mol. The highest BCUT2D eigenvalue weighted by Crippen LogP contribution is 2.17. The van der Waals surface area contributed by atoms with Crippen LogP contribution in [0.5, 0.6) is 0 Å². The minimum atomic E-state index is -1.18. The van der Waals surface area contributed by atoms with Crippen LogP contribution in [-0.4, -0.2) is 20.5 Å². The summed E-state index contributed by atoms with van der Waals surface area (Å²) in [6, 6.07) is 0. The van der Waals surface area contributed by atoms with E-state index in [9.17, 15) is 4.55 Å². The van der Waals surface area contributed by atoms with Crippen LogP contribution in [-0.2, 0) is 11.4 Å². The zero-order valence-electron chi connectivity index (χ0n) is 8.77. The van der Waals surface area contributed by atoms with E-state index in [0.717, 1.165) is 9.88 Å². The fourth-order valence-corrected chi connectivity index (χ4v) is 1.94. The standard InChI is InChI=1S/C9H14N2OS2/c1-7-10-5-8(13-7)6-11-14(12)9(2,3)4/h5-6H,1-4H3/b11-6+. The number of rotatable bonds is 2. The molecule has 1 heterocycles. The maximum absolute atomic E-state index is 11.5. The largest absolute Gasteiger partial charge is 0.591 e. The van der Waals surface area contributed by atoms with Crippen molar-refractivity contribution in [3.8, 4) is 0 Å². The summed E-state index contributed by atoms with van der Waals surface area (Å²) in [4.78, 5) is 5.03. The Labute approximate surface area is 91.6 Å². The van der Waals surface area contributed by atoms with Crippen LogP contribution in [0.3, 0.4) is 0 Å². The van der Waals surface area contributed by atoms with Crippen molar-refractivity contribution in [2.45, 2.75) is 32.4 Å². The first-order chi connectivity index (χ1) is 6.39. The van der Waals surface area contributed by atoms with Crippen LogP contribution in [0, 0.1) is 6.92 Å². The van der Waals surface area contributed by atoms with Crippen molar-refractivity contribution in [3.63, 3.8) is 0 Å². The average Bonchev–Trinajstić information content (AvgIpc) is 2.45. The third-order valence-electron chi connectivity index (χ3n) is 1.44. The van der Waals surface area contributed by atoms with E-state index >= 15 is 0 Å². The number of thiazole rings is 1. The van der Waals surface area contributed by atoms with E-state index in [4.69, 9.17) is 0 Å². The minimum absolute atomic E-state index is 0.295. The molecule has 5 heteroatoms. The highest BCUT2D eigenvalue weighted by molar-refractivity contribution is 7.91. The molecule has 0 N–H and O–H groups in total. The Hall–Kier alpha value is -0.390. The topological polar surface area (TPSA) is 48.3 Å². The lowest BCUT2D eigenvalue weighted by molar-refractivity contribution is 0.562. The maximum Gasteiger partial charge on any atom is 0.144 e. The summed E-state index contributed by atoms with van der Waals surface area (Å²) in [5.41, 5.74) is 0. The van der Waals surface area contributed by atoms with Crippen LogP contribution >= 0.6 is 11.3 Å². The van der Waals surface area contributed by atoms with Gasteiger partial charge < -0.3 is 4.55 Å². The molecule has 0 saturated carbocycles. The number of hydrogen-bond donors (Lipinski definition) is 0. The molecule has 1 unspecified atom stereocenters. The Morgan fingerprint density at radius 1 is 1.57 bits per heavy atom. The molecule has 0 aliphatic carbocycles. The highest BCUT2D eigenvalue weighted by Gasteiger charge is 2.25. The third-order valence-corrected chi connectivity index (χ3v) is 3.63. The van der Waals surface area contributed by atoms with Crippen molar-refractivity contribution < 1.29 is 4.55 Å². The van der Waals surface area contributed by atoms with Crippen LogP contribution in [0.1, 0.15) is 30.7 Å². The molecule has 1 rings (SSSR count). The molecule has 14 heavy (non-hydrogen) atoms. The van der Waals surface area contributed by atoms with E-state index in [0.29, 0.717) is 0 Å². The zero-order chi connectivity index (χ0) is 10.8. The van der Waals surface area contributed by atoms with Gasteiger partial charge in [-0.15, -0.1) is 11.3 Å². The molecular formula is C9H14N2OS2. The molecule has 0 saturated heterocycles. The summed E-state index contributed by atoms with van der Waals surface area (Å²) in [5.74, 6) is 0. The summed E-state index contributed by atoms with van der Waals surface area (Å²) in [5, 5.41) is 0.994. The van der Waals surface area contributed by atoms with Gasteiger partial charge in [-0.3, -0.25) is 0 Å². The number of hydrogen-bond acceptors (Lipinski definition) is 4. The Morgan fingerprint density at radius 3 is 2.64 bits per heavy atom. The predicted molar refractivity (Wildman–Crippen MR) is 62.3 cm³/mol. The van der Waals surface area contributed by atoms with Crippen molar-refractivity contribution >= 4 is 28.9 Å². The molecule has 0 radical (unpaired) electrons. The van der Waals surface area contributed by atoms with Crippen molar-refractivity contribution in [2.75, 3.05) is 0 Å². The Bertz CT molecular complexity index is 328. The lowest BCUT2D eigenvalue weighted by Gasteiger charge is -2.17. The van der Waals surface area contributed by atoms with E-state index in [2.05, 4.69) is 9.38 Å². The molecule has 1 atom stereocenters. The molecule has 0 fully saturated rings. The molecule has 3 nitrogen and oxygen atoms in total. The summed E-state index contributed by atoms with van der Waals surface area (Å²) in [6.45, 7) is 7.64. The summed E-state index contributed by atoms with van der Waals surface area (Å²) < 4.78 is 15.2. The second kappa shape index (κ2) is 4.42. The third kappa shape index (κ3) is 3.40. The van der Waals surface area contributed by atoms with E-state index in [1.165, 1.54) is 0 Å². The van der Waals surface area contributed by atoms with E-state index in [-0.39, 0.29) is 4.75 Å². The first kappa shape index (κ1) is 11.7. The van der Waals surface area contributed by atoms with Gasteiger partial charge in [0.15, 0.2) is 0 Å². The lowest BCUT2D eigenvalue weighted by Crippen LogP contribution is -2.25. The van der Waals surface area contributed by atoms with Crippen molar-refractivity contribution in [3.05, 3.63) is 16.1 Å². The fraction of sp³-hybridized carbons (Fsp3) is 0.556. The summed E-state index contributed by atoms with van der Waals surface area (Å²) >= 11 is 0.365. The SMILES string of the molecule is Cc1ncc(/C=N/[S+]([O-])C(C)(C)C)s1. The monoisotopic (exact) mass is 230 g/mol. The van der Waals surface area contributed by atoms with Crippen molar-refractivity contribution in [1.82, 2.24) is 4.98 Å². The molecule has 1 aromatic rings. The van der Waals surface area contributed by atoms with E-state index < -0.39 is 11.4 Å². The molecule has 0 aliphatic heterocycles. The van der Waals surface area contributed by atoms with Gasteiger partial charge in [0.1, 0.15) is 16.1 Å². The Balaban J connectivity index is 2.65. The first-order valence-corrected chi connectivity index (χ1v) is 6.20. The van der Waals surface area contributed by atoms with Gasteiger partial charge in [-0.25, -0.2) is 4.98 Å². The van der Waals surface area contributed by atoms with Gasteiger partial charge in [-0.05, 0) is 27.7 Å². The summed E-state index contributed by atoms with van der Waals surface area (Å²) in [7, 11) is 0. The van der Waals surface area contributed by atoms with Gasteiger partial charge in [0.05, 0.1) is 16.1 Å². The number of aromatic nitrogens is 1. The predicted octanol–water partition coefficient (Wildman–Crippen LogP) is 2.33. The van der Waals surface area contributed by atoms with Gasteiger partial charge >= 0.3 is 0 Å². The van der Waals surface area contributed by atoms with E-state index in [1.54, 1.807) is 23.7 Å². The van der Waals surface area contributed by atoms with E-state index in [1.807, 2.05) is 27.7 Å². The smallest absolute Gasteiger partial charge is 0.144 e. The molecule has 1 aromatic heterocycles. The lowest BCUT2D eigenvalue weighted by atomic mass is 10.3. The van der Waals surface area contributed by atoms with Gasteiger partial charge in [0.2, 0.25) is 0 Å². The molecular weight excluding hydrogens is 216 g/mol. The van der Waals surface area contributed by atoms with Crippen LogP contribution in [0.4, 0.5) is 0 Å². The summed E-state index contributed by atoms with van der Waals surface area (Å²) in [6.07, 6.45) is 3.37. The Morgan fingerprint density at radius 2 is 2.21 bits per heavy atom. The zero-order valence-corrected chi connectivity index (χ0v) is 10.4. The first-order valence-electron chi connectivity index (χ1n) is 4.28. The molecule has 0 aliphatic rings. The number of nitrogens with zero attached hydrogens (tertiary/aromatic N) is 2. The molecule has 0 aromatic carbocycles. The second-order valence-corrected chi connectivity index (χ2v) is 7.08. The molecule has 0 spiro atoms. The van der Waals surface area contributed by atoms with Gasteiger partial charge in [-0.1, -0.05) is 4.40 Å². The number of aryl methyl sites for hydroxylation is 1. The second-order valence-electron chi connectivity index (χ2n) is 3.88. The molecule has 0 amide bonds. The van der Waals surface area contributed by atoms with Crippen LogP contribution in [0.15, 0.2) is 10.6 Å². The van der Waals surface area contributed by atoms with Crippen LogP contribution in [0.25, 0.3) is 0 Å². The maximum atomic E-state index is 11.5.